The number of anilines is 1. The lowest BCUT2D eigenvalue weighted by Gasteiger charge is -1.92. The first-order valence-corrected chi connectivity index (χ1v) is 4.89. The van der Waals surface area contributed by atoms with Gasteiger partial charge in [-0.3, -0.25) is 0 Å². The Bertz CT molecular complexity index is 525. The molecule has 0 aliphatic heterocycles. The molecule has 0 saturated carbocycles. The van der Waals surface area contributed by atoms with Crippen LogP contribution in [-0.2, 0) is 6.61 Å². The molecule has 3 N–H and O–H groups in total. The van der Waals surface area contributed by atoms with Crippen LogP contribution < -0.4 is 5.73 Å². The number of aliphatic hydroxyl groups is 1. The number of nitrogens with two attached hydrogens (primary N) is 1. The van der Waals surface area contributed by atoms with Crippen molar-refractivity contribution in [2.24, 2.45) is 0 Å². The molecule has 0 atom stereocenters. The van der Waals surface area contributed by atoms with Crippen LogP contribution in [0.5, 0.6) is 0 Å². The fraction of sp³-hybridized carbons (Fsp3) is 0.100. The van der Waals surface area contributed by atoms with E-state index in [2.05, 4.69) is 6.07 Å². The Morgan fingerprint density at radius 3 is 2.93 bits per heavy atom. The highest BCUT2D eigenvalue weighted by Crippen LogP contribution is 2.32. The number of benzene rings is 1. The first kappa shape index (κ1) is 9.00. The van der Waals surface area contributed by atoms with Crippen LogP contribution in [0.15, 0.2) is 18.2 Å². The van der Waals surface area contributed by atoms with Gasteiger partial charge in [0.15, 0.2) is 0 Å². The Hall–Kier alpha value is -1.57. The van der Waals surface area contributed by atoms with Crippen LogP contribution in [0.3, 0.4) is 0 Å². The van der Waals surface area contributed by atoms with Crippen molar-refractivity contribution >= 4 is 27.1 Å². The number of hydrogen-bond donors (Lipinski definition) is 2. The molecule has 0 bridgehead atoms. The Kier molecular flexibility index (Phi) is 2.12. The molecule has 3 nitrogen and oxygen atoms in total. The summed E-state index contributed by atoms with van der Waals surface area (Å²) in [6.45, 7) is -0.0951. The average molecular weight is 204 g/mol. The smallest absolute Gasteiger partial charge is 0.101 e. The van der Waals surface area contributed by atoms with E-state index >= 15 is 0 Å². The maximum atomic E-state index is 9.05. The molecule has 1 heterocycles. The summed E-state index contributed by atoms with van der Waals surface area (Å²) < 4.78 is 0.950. The van der Waals surface area contributed by atoms with Crippen molar-refractivity contribution in [2.75, 3.05) is 5.73 Å². The highest BCUT2D eigenvalue weighted by Gasteiger charge is 2.10. The Balaban J connectivity index is 2.81. The standard InChI is InChI=1S/C10H8N2OS/c11-4-8-7-2-1-6(12)3-9(7)14-10(8)5-13/h1-3,13H,5,12H2. The topological polar surface area (TPSA) is 70.0 Å². The van der Waals surface area contributed by atoms with Gasteiger partial charge in [0.1, 0.15) is 6.07 Å². The summed E-state index contributed by atoms with van der Waals surface area (Å²) in [6.07, 6.45) is 0. The van der Waals surface area contributed by atoms with Crippen LogP contribution in [0.4, 0.5) is 5.69 Å². The Labute approximate surface area is 85.0 Å². The number of hydrogen-bond acceptors (Lipinski definition) is 4. The van der Waals surface area contributed by atoms with Crippen LogP contribution in [0.1, 0.15) is 10.4 Å². The summed E-state index contributed by atoms with van der Waals surface area (Å²) >= 11 is 1.41. The molecule has 4 heteroatoms. The zero-order chi connectivity index (χ0) is 10.1. The van der Waals surface area contributed by atoms with Gasteiger partial charge in [-0.2, -0.15) is 5.26 Å². The van der Waals surface area contributed by atoms with Crippen LogP contribution in [0, 0.1) is 11.3 Å². The SMILES string of the molecule is N#Cc1c(CO)sc2cc(N)ccc12. The lowest BCUT2D eigenvalue weighted by Crippen LogP contribution is -1.83. The number of aliphatic hydroxyl groups excluding tert-OH is 1. The minimum absolute atomic E-state index is 0.0951. The lowest BCUT2D eigenvalue weighted by molar-refractivity contribution is 0.285. The highest BCUT2D eigenvalue weighted by molar-refractivity contribution is 7.19. The summed E-state index contributed by atoms with van der Waals surface area (Å²) in [4.78, 5) is 0.702. The van der Waals surface area contributed by atoms with Crippen molar-refractivity contribution in [2.45, 2.75) is 6.61 Å². The highest BCUT2D eigenvalue weighted by atomic mass is 32.1. The van der Waals surface area contributed by atoms with Gasteiger partial charge < -0.3 is 10.8 Å². The number of thiophene rings is 1. The molecule has 0 unspecified atom stereocenters. The van der Waals surface area contributed by atoms with Crippen molar-refractivity contribution in [3.63, 3.8) is 0 Å². The second-order valence-corrected chi connectivity index (χ2v) is 4.06. The Morgan fingerprint density at radius 1 is 1.50 bits per heavy atom. The van der Waals surface area contributed by atoms with Crippen molar-refractivity contribution in [3.8, 4) is 6.07 Å². The van der Waals surface area contributed by atoms with E-state index in [1.54, 1.807) is 6.07 Å². The molecule has 0 radical (unpaired) electrons. The molecule has 70 valence electrons. The van der Waals surface area contributed by atoms with E-state index in [0.717, 1.165) is 10.1 Å². The molecule has 2 aromatic rings. The van der Waals surface area contributed by atoms with Crippen LogP contribution in [-0.4, -0.2) is 5.11 Å². The van der Waals surface area contributed by atoms with E-state index in [1.807, 2.05) is 12.1 Å². The van der Waals surface area contributed by atoms with Gasteiger partial charge in [0.05, 0.1) is 12.2 Å². The predicted molar refractivity (Wildman–Crippen MR) is 56.9 cm³/mol. The zero-order valence-corrected chi connectivity index (χ0v) is 8.14. The van der Waals surface area contributed by atoms with Gasteiger partial charge in [0, 0.05) is 20.7 Å². The maximum Gasteiger partial charge on any atom is 0.101 e. The van der Waals surface area contributed by atoms with Crippen LogP contribution >= 0.6 is 11.3 Å². The van der Waals surface area contributed by atoms with Gasteiger partial charge in [0.2, 0.25) is 0 Å². The predicted octanol–water partition coefficient (Wildman–Crippen LogP) is 1.85. The first-order valence-electron chi connectivity index (χ1n) is 4.08. The third kappa shape index (κ3) is 1.23. The zero-order valence-electron chi connectivity index (χ0n) is 7.32. The fourth-order valence-electron chi connectivity index (χ4n) is 1.40. The molecule has 1 aromatic heterocycles. The van der Waals surface area contributed by atoms with Crippen molar-refractivity contribution in [1.29, 1.82) is 5.26 Å². The van der Waals surface area contributed by atoms with E-state index in [0.29, 0.717) is 16.1 Å². The minimum Gasteiger partial charge on any atom is -0.399 e. The quantitative estimate of drug-likeness (QED) is 0.696. The van der Waals surface area contributed by atoms with E-state index in [9.17, 15) is 0 Å². The van der Waals surface area contributed by atoms with Crippen molar-refractivity contribution in [3.05, 3.63) is 28.6 Å². The summed E-state index contributed by atoms with van der Waals surface area (Å²) in [5.74, 6) is 0. The molecule has 0 aliphatic rings. The third-order valence-corrected chi connectivity index (χ3v) is 3.18. The van der Waals surface area contributed by atoms with Crippen molar-refractivity contribution in [1.82, 2.24) is 0 Å². The molecule has 0 aliphatic carbocycles. The average Bonchev–Trinajstić information content (AvgIpc) is 2.54. The molecule has 14 heavy (non-hydrogen) atoms. The monoisotopic (exact) mass is 204 g/mol. The van der Waals surface area contributed by atoms with Gasteiger partial charge >= 0.3 is 0 Å². The van der Waals surface area contributed by atoms with Crippen LogP contribution in [0.2, 0.25) is 0 Å². The number of nitrogens with zero attached hydrogens (tertiary/aromatic N) is 1. The summed E-state index contributed by atoms with van der Waals surface area (Å²) in [5.41, 5.74) is 6.86. The van der Waals surface area contributed by atoms with E-state index < -0.39 is 0 Å². The Morgan fingerprint density at radius 2 is 2.29 bits per heavy atom. The van der Waals surface area contributed by atoms with Gasteiger partial charge in [-0.1, -0.05) is 6.07 Å². The van der Waals surface area contributed by atoms with Crippen LogP contribution in [0.25, 0.3) is 10.1 Å². The number of nitriles is 1. The summed E-state index contributed by atoms with van der Waals surface area (Å²) in [7, 11) is 0. The number of fused-ring (bicyclic) bond motifs is 1. The van der Waals surface area contributed by atoms with Gasteiger partial charge in [-0.25, -0.2) is 0 Å². The molecule has 1 aromatic carbocycles. The summed E-state index contributed by atoms with van der Waals surface area (Å²) in [6, 6.07) is 7.50. The number of nitrogen functional groups attached to an aromatic ring is 1. The molecule has 0 fully saturated rings. The largest absolute Gasteiger partial charge is 0.399 e. The third-order valence-electron chi connectivity index (χ3n) is 2.04. The normalized spacial score (nSPS) is 10.3. The van der Waals surface area contributed by atoms with E-state index in [4.69, 9.17) is 16.1 Å². The summed E-state index contributed by atoms with van der Waals surface area (Å²) in [5, 5.41) is 18.8. The van der Waals surface area contributed by atoms with Gasteiger partial charge in [-0.15, -0.1) is 11.3 Å². The second-order valence-electron chi connectivity index (χ2n) is 2.93. The number of rotatable bonds is 1. The van der Waals surface area contributed by atoms with E-state index in [-0.39, 0.29) is 6.61 Å². The molecule has 0 spiro atoms. The van der Waals surface area contributed by atoms with Gasteiger partial charge in [-0.05, 0) is 12.1 Å². The molecule has 2 rings (SSSR count). The van der Waals surface area contributed by atoms with E-state index in [1.165, 1.54) is 11.3 Å². The lowest BCUT2D eigenvalue weighted by atomic mass is 10.1. The molecule has 0 amide bonds. The van der Waals surface area contributed by atoms with Gasteiger partial charge in [0.25, 0.3) is 0 Å². The maximum absolute atomic E-state index is 9.05. The van der Waals surface area contributed by atoms with Crippen molar-refractivity contribution < 1.29 is 5.11 Å². The second kappa shape index (κ2) is 3.29. The molecular weight excluding hydrogens is 196 g/mol. The molecule has 0 saturated heterocycles. The first-order chi connectivity index (χ1) is 6.76. The molecular formula is C10H8N2OS. The fourth-order valence-corrected chi connectivity index (χ4v) is 2.46. The minimum atomic E-state index is -0.0951.